The summed E-state index contributed by atoms with van der Waals surface area (Å²) in [4.78, 5) is 0. The van der Waals surface area contributed by atoms with Crippen molar-refractivity contribution >= 4 is 36.9 Å². The van der Waals surface area contributed by atoms with Gasteiger partial charge in [-0.1, -0.05) is 72.8 Å². The zero-order chi connectivity index (χ0) is 16.1. The molecule has 4 aromatic rings. The highest BCUT2D eigenvalue weighted by Gasteiger charge is 2.25. The van der Waals surface area contributed by atoms with Crippen molar-refractivity contribution in [3.8, 4) is 11.1 Å². The van der Waals surface area contributed by atoms with Crippen LogP contribution in [0.5, 0.6) is 0 Å². The molecule has 0 amide bonds. The quantitative estimate of drug-likeness (QED) is 0.276. The highest BCUT2D eigenvalue weighted by Crippen LogP contribution is 2.50. The Morgan fingerprint density at radius 2 is 1.04 bits per heavy atom. The van der Waals surface area contributed by atoms with E-state index >= 15 is 0 Å². The van der Waals surface area contributed by atoms with Crippen LogP contribution < -0.4 is 0 Å². The van der Waals surface area contributed by atoms with E-state index in [-0.39, 0.29) is 0 Å². The molecule has 5 rings (SSSR count). The van der Waals surface area contributed by atoms with Crippen molar-refractivity contribution in [1.82, 2.24) is 0 Å². The lowest BCUT2D eigenvalue weighted by Crippen LogP contribution is -1.92. The highest BCUT2D eigenvalue weighted by molar-refractivity contribution is 7.80. The standard InChI is InChI=1S/C22H17BP/c23-24-13-17-11-9-15-5-1-3-7-19(15)21(17)22-18(14-24)12-10-16-6-2-4-8-20(16)22/h1-12,24H,13-14H2/q+1. The van der Waals surface area contributed by atoms with E-state index < -0.39 is 7.80 Å². The van der Waals surface area contributed by atoms with Crippen LogP contribution in [0.4, 0.5) is 0 Å². The molecular formula is C22H17BP+. The Morgan fingerprint density at radius 3 is 1.54 bits per heavy atom. The fourth-order valence-corrected chi connectivity index (χ4v) is 5.76. The van der Waals surface area contributed by atoms with Crippen LogP contribution in [0.1, 0.15) is 11.1 Å². The Hall–Kier alpha value is -2.11. The van der Waals surface area contributed by atoms with E-state index in [0.29, 0.717) is 0 Å². The molecule has 24 heavy (non-hydrogen) atoms. The molecule has 0 saturated carbocycles. The number of hydrogen-bond donors (Lipinski definition) is 0. The maximum absolute atomic E-state index is 6.55. The summed E-state index contributed by atoms with van der Waals surface area (Å²) in [5, 5.41) is 5.32. The summed E-state index contributed by atoms with van der Waals surface area (Å²) < 4.78 is 0. The van der Waals surface area contributed by atoms with Crippen molar-refractivity contribution in [3.63, 3.8) is 0 Å². The monoisotopic (exact) mass is 323 g/mol. The van der Waals surface area contributed by atoms with Gasteiger partial charge in [0.15, 0.2) is 0 Å². The summed E-state index contributed by atoms with van der Waals surface area (Å²) >= 11 is 0. The number of hydrogen-bond acceptors (Lipinski definition) is 0. The molecule has 2 radical (unpaired) electrons. The second-order valence-corrected chi connectivity index (χ2v) is 8.68. The van der Waals surface area contributed by atoms with E-state index in [4.69, 9.17) is 7.57 Å². The maximum atomic E-state index is 6.55. The SMILES string of the molecule is [B][PH+]1Cc2ccc3ccccc3c2-c2c(ccc3ccccc23)C1. The van der Waals surface area contributed by atoms with Crippen LogP contribution in [0.15, 0.2) is 72.8 Å². The minimum Gasteiger partial charge on any atom is -0.0616 e. The van der Waals surface area contributed by atoms with Crippen LogP contribution >= 0.6 is 7.80 Å². The molecule has 1 aliphatic heterocycles. The van der Waals surface area contributed by atoms with Gasteiger partial charge in [0.05, 0.1) is 12.3 Å². The summed E-state index contributed by atoms with van der Waals surface area (Å²) in [5.74, 6) is 0. The van der Waals surface area contributed by atoms with Crippen LogP contribution in [0.2, 0.25) is 0 Å². The zero-order valence-corrected chi connectivity index (χ0v) is 14.4. The predicted molar refractivity (Wildman–Crippen MR) is 108 cm³/mol. The van der Waals surface area contributed by atoms with Gasteiger partial charge in [-0.25, -0.2) is 0 Å². The molecule has 0 N–H and O–H groups in total. The topological polar surface area (TPSA) is 0 Å². The van der Waals surface area contributed by atoms with E-state index in [0.717, 1.165) is 12.3 Å². The Balaban J connectivity index is 2.00. The van der Waals surface area contributed by atoms with Gasteiger partial charge < -0.3 is 0 Å². The normalized spacial score (nSPS) is 14.3. The number of benzene rings is 4. The summed E-state index contributed by atoms with van der Waals surface area (Å²) in [5.41, 5.74) is 5.65. The van der Waals surface area contributed by atoms with Crippen LogP contribution in [0, 0.1) is 0 Å². The maximum Gasteiger partial charge on any atom is 0.363 e. The van der Waals surface area contributed by atoms with Gasteiger partial charge in [-0.15, -0.1) is 0 Å². The number of rotatable bonds is 0. The van der Waals surface area contributed by atoms with E-state index in [9.17, 15) is 0 Å². The second-order valence-electron chi connectivity index (χ2n) is 6.65. The lowest BCUT2D eigenvalue weighted by atomic mass is 9.88. The number of fused-ring (bicyclic) bond motifs is 7. The van der Waals surface area contributed by atoms with Crippen LogP contribution in [0.25, 0.3) is 32.7 Å². The highest BCUT2D eigenvalue weighted by atomic mass is 31.1. The van der Waals surface area contributed by atoms with Gasteiger partial charge in [0, 0.05) is 0 Å². The molecule has 4 aromatic carbocycles. The Bertz CT molecular complexity index is 996. The Morgan fingerprint density at radius 1 is 0.583 bits per heavy atom. The molecule has 0 bridgehead atoms. The first-order valence-corrected chi connectivity index (χ1v) is 10.4. The minimum absolute atomic E-state index is 0.888. The first-order chi connectivity index (χ1) is 11.8. The van der Waals surface area contributed by atoms with Crippen LogP contribution in [-0.2, 0) is 12.3 Å². The molecule has 1 aliphatic rings. The first-order valence-electron chi connectivity index (χ1n) is 8.43. The summed E-state index contributed by atoms with van der Waals surface area (Å²) in [7, 11) is 5.67. The average Bonchev–Trinajstić information content (AvgIpc) is 2.77. The molecule has 0 aromatic heterocycles. The van der Waals surface area contributed by atoms with Gasteiger partial charge in [0.1, 0.15) is 0 Å². The van der Waals surface area contributed by atoms with E-state index in [2.05, 4.69) is 72.8 Å². The largest absolute Gasteiger partial charge is 0.363 e. The minimum atomic E-state index is -0.888. The molecule has 0 nitrogen and oxygen atoms in total. The third-order valence-electron chi connectivity index (χ3n) is 5.12. The second kappa shape index (κ2) is 5.47. The first kappa shape index (κ1) is 14.3. The van der Waals surface area contributed by atoms with Crippen molar-refractivity contribution in [3.05, 3.63) is 83.9 Å². The molecule has 0 aliphatic carbocycles. The fourth-order valence-electron chi connectivity index (χ4n) is 4.07. The summed E-state index contributed by atoms with van der Waals surface area (Å²) in [6.07, 6.45) is 2.07. The van der Waals surface area contributed by atoms with Gasteiger partial charge >= 0.3 is 7.57 Å². The van der Waals surface area contributed by atoms with Crippen molar-refractivity contribution in [2.45, 2.75) is 12.3 Å². The lowest BCUT2D eigenvalue weighted by molar-refractivity contribution is 1.41. The van der Waals surface area contributed by atoms with Crippen LogP contribution in [-0.4, -0.2) is 7.57 Å². The molecule has 0 saturated heterocycles. The smallest absolute Gasteiger partial charge is 0.0616 e. The summed E-state index contributed by atoms with van der Waals surface area (Å²) in [6.45, 7) is 0. The zero-order valence-electron chi connectivity index (χ0n) is 13.4. The average molecular weight is 323 g/mol. The molecule has 0 spiro atoms. The van der Waals surface area contributed by atoms with Gasteiger partial charge in [-0.2, -0.15) is 0 Å². The van der Waals surface area contributed by atoms with E-state index in [1.807, 2.05) is 0 Å². The van der Waals surface area contributed by atoms with Gasteiger partial charge in [0.2, 0.25) is 0 Å². The van der Waals surface area contributed by atoms with E-state index in [1.165, 1.54) is 43.8 Å². The molecule has 1 heterocycles. The van der Waals surface area contributed by atoms with Crippen LogP contribution in [0.3, 0.4) is 0 Å². The molecule has 2 heteroatoms. The van der Waals surface area contributed by atoms with Crippen molar-refractivity contribution in [2.75, 3.05) is 0 Å². The summed E-state index contributed by atoms with van der Waals surface area (Å²) in [6, 6.07) is 26.6. The lowest BCUT2D eigenvalue weighted by Gasteiger charge is -2.15. The van der Waals surface area contributed by atoms with Crippen molar-refractivity contribution < 1.29 is 0 Å². The molecular weight excluding hydrogens is 306 g/mol. The molecule has 112 valence electrons. The third kappa shape index (κ3) is 2.12. The third-order valence-corrected chi connectivity index (χ3v) is 6.79. The van der Waals surface area contributed by atoms with Crippen molar-refractivity contribution in [1.29, 1.82) is 0 Å². The molecule has 0 unspecified atom stereocenters. The molecule has 0 fully saturated rings. The fraction of sp³-hybridized carbons (Fsp3) is 0.0909. The van der Waals surface area contributed by atoms with Gasteiger partial charge in [-0.3, -0.25) is 0 Å². The molecule has 0 atom stereocenters. The Labute approximate surface area is 144 Å². The Kier molecular flexibility index (Phi) is 3.25. The van der Waals surface area contributed by atoms with E-state index in [1.54, 1.807) is 0 Å². The van der Waals surface area contributed by atoms with Gasteiger partial charge in [-0.05, 0) is 51.6 Å². The van der Waals surface area contributed by atoms with Crippen molar-refractivity contribution in [2.24, 2.45) is 0 Å². The van der Waals surface area contributed by atoms with Gasteiger partial charge in [0.25, 0.3) is 0 Å². The predicted octanol–water partition coefficient (Wildman–Crippen LogP) is 5.97.